The van der Waals surface area contributed by atoms with Crippen LogP contribution in [0.4, 0.5) is 5.82 Å². The molecule has 0 saturated heterocycles. The molecule has 5 heteroatoms. The zero-order chi connectivity index (χ0) is 15.0. The SMILES string of the molecule is Cc1[nH]nc2c1[C@@H](c1ccc(C(C)C)cc1)SCC(=O)N2. The van der Waals surface area contributed by atoms with Crippen molar-refractivity contribution < 1.29 is 4.79 Å². The van der Waals surface area contributed by atoms with Gasteiger partial charge in [0.1, 0.15) is 0 Å². The summed E-state index contributed by atoms with van der Waals surface area (Å²) in [4.78, 5) is 11.8. The minimum atomic E-state index is 0.00838. The van der Waals surface area contributed by atoms with Crippen molar-refractivity contribution in [2.75, 3.05) is 11.1 Å². The van der Waals surface area contributed by atoms with E-state index in [9.17, 15) is 4.79 Å². The van der Waals surface area contributed by atoms with Crippen LogP contribution >= 0.6 is 11.8 Å². The number of thioether (sulfide) groups is 1. The standard InChI is InChI=1S/C16H19N3OS/c1-9(2)11-4-6-12(7-5-11)15-14-10(3)18-19-16(14)17-13(20)8-21-15/h4-7,9,15H,8H2,1-3H3,(H2,17,18,19,20)/t15-/m1/s1. The van der Waals surface area contributed by atoms with Crippen LogP contribution in [0.25, 0.3) is 0 Å². The number of anilines is 1. The lowest BCUT2D eigenvalue weighted by Gasteiger charge is -2.16. The van der Waals surface area contributed by atoms with Gasteiger partial charge in [-0.25, -0.2) is 0 Å². The Labute approximate surface area is 128 Å². The molecule has 1 aromatic carbocycles. The van der Waals surface area contributed by atoms with Crippen molar-refractivity contribution in [1.82, 2.24) is 10.2 Å². The normalized spacial score (nSPS) is 18.3. The van der Waals surface area contributed by atoms with Crippen molar-refractivity contribution >= 4 is 23.5 Å². The Morgan fingerprint density at radius 3 is 2.67 bits per heavy atom. The second-order valence-corrected chi connectivity index (χ2v) is 6.76. The number of carbonyl (C=O) groups excluding carboxylic acids is 1. The van der Waals surface area contributed by atoms with Crippen LogP contribution in [0.5, 0.6) is 0 Å². The van der Waals surface area contributed by atoms with Crippen LogP contribution < -0.4 is 5.32 Å². The van der Waals surface area contributed by atoms with E-state index < -0.39 is 0 Å². The molecular formula is C16H19N3OS. The average Bonchev–Trinajstić information content (AvgIpc) is 2.72. The molecular weight excluding hydrogens is 282 g/mol. The lowest BCUT2D eigenvalue weighted by atomic mass is 9.98. The summed E-state index contributed by atoms with van der Waals surface area (Å²) in [6.45, 7) is 6.38. The predicted molar refractivity (Wildman–Crippen MR) is 86.8 cm³/mol. The first kappa shape index (κ1) is 14.2. The lowest BCUT2D eigenvalue weighted by Crippen LogP contribution is -2.12. The van der Waals surface area contributed by atoms with Crippen molar-refractivity contribution in [2.24, 2.45) is 0 Å². The first-order chi connectivity index (χ1) is 10.1. The monoisotopic (exact) mass is 301 g/mol. The molecule has 1 amide bonds. The minimum absolute atomic E-state index is 0.00838. The van der Waals surface area contributed by atoms with Gasteiger partial charge in [-0.05, 0) is 24.0 Å². The maximum absolute atomic E-state index is 11.8. The Kier molecular flexibility index (Phi) is 3.76. The maximum atomic E-state index is 11.8. The molecule has 1 aliphatic rings. The molecule has 0 unspecified atom stereocenters. The van der Waals surface area contributed by atoms with E-state index in [2.05, 4.69) is 53.6 Å². The van der Waals surface area contributed by atoms with Crippen LogP contribution in [0.1, 0.15) is 47.4 Å². The molecule has 1 atom stereocenters. The molecule has 0 aliphatic carbocycles. The zero-order valence-corrected chi connectivity index (χ0v) is 13.3. The van der Waals surface area contributed by atoms with Crippen LogP contribution in [0.2, 0.25) is 0 Å². The predicted octanol–water partition coefficient (Wildman–Crippen LogP) is 3.62. The number of nitrogens with zero attached hydrogens (tertiary/aromatic N) is 1. The first-order valence-electron chi connectivity index (χ1n) is 7.12. The number of benzene rings is 1. The van der Waals surface area contributed by atoms with E-state index >= 15 is 0 Å². The molecule has 0 spiro atoms. The van der Waals surface area contributed by atoms with Crippen molar-refractivity contribution in [2.45, 2.75) is 31.9 Å². The number of carbonyl (C=O) groups is 1. The molecule has 3 rings (SSSR count). The van der Waals surface area contributed by atoms with Crippen LogP contribution in [-0.2, 0) is 4.79 Å². The first-order valence-corrected chi connectivity index (χ1v) is 8.17. The van der Waals surface area contributed by atoms with E-state index in [1.165, 1.54) is 11.1 Å². The molecule has 0 fully saturated rings. The summed E-state index contributed by atoms with van der Waals surface area (Å²) in [5, 5.41) is 10.2. The molecule has 0 saturated carbocycles. The van der Waals surface area contributed by atoms with Gasteiger partial charge in [-0.3, -0.25) is 9.89 Å². The minimum Gasteiger partial charge on any atom is -0.308 e. The van der Waals surface area contributed by atoms with Gasteiger partial charge in [-0.15, -0.1) is 11.8 Å². The van der Waals surface area contributed by atoms with Crippen LogP contribution in [0.3, 0.4) is 0 Å². The fourth-order valence-electron chi connectivity index (χ4n) is 2.58. The third kappa shape index (κ3) is 2.70. The Hall–Kier alpha value is -1.75. The molecule has 2 aromatic rings. The number of nitrogens with one attached hydrogen (secondary N) is 2. The highest BCUT2D eigenvalue weighted by Crippen LogP contribution is 2.42. The molecule has 0 radical (unpaired) electrons. The van der Waals surface area contributed by atoms with Gasteiger partial charge in [0.15, 0.2) is 5.82 Å². The Bertz CT molecular complexity index is 661. The van der Waals surface area contributed by atoms with Crippen molar-refractivity contribution in [3.63, 3.8) is 0 Å². The topological polar surface area (TPSA) is 57.8 Å². The number of fused-ring (bicyclic) bond motifs is 1. The number of rotatable bonds is 2. The molecule has 2 N–H and O–H groups in total. The number of hydrogen-bond donors (Lipinski definition) is 2. The van der Waals surface area contributed by atoms with Crippen molar-refractivity contribution in [3.05, 3.63) is 46.6 Å². The summed E-state index contributed by atoms with van der Waals surface area (Å²) in [6, 6.07) is 8.68. The van der Waals surface area contributed by atoms with Gasteiger partial charge in [0.05, 0.1) is 11.0 Å². The molecule has 1 aromatic heterocycles. The molecule has 1 aliphatic heterocycles. The number of aromatic nitrogens is 2. The average molecular weight is 301 g/mol. The number of H-pyrrole nitrogens is 1. The molecule has 4 nitrogen and oxygen atoms in total. The van der Waals surface area contributed by atoms with Gasteiger partial charge in [0.25, 0.3) is 0 Å². The van der Waals surface area contributed by atoms with Crippen LogP contribution in [0, 0.1) is 6.92 Å². The lowest BCUT2D eigenvalue weighted by molar-refractivity contribution is -0.113. The summed E-state index contributed by atoms with van der Waals surface area (Å²) in [5.74, 6) is 1.65. The second kappa shape index (κ2) is 5.56. The van der Waals surface area contributed by atoms with Gasteiger partial charge in [0.2, 0.25) is 5.91 Å². The number of aromatic amines is 1. The highest BCUT2D eigenvalue weighted by atomic mass is 32.2. The smallest absolute Gasteiger partial charge is 0.235 e. The summed E-state index contributed by atoms with van der Waals surface area (Å²) in [5.41, 5.74) is 4.64. The summed E-state index contributed by atoms with van der Waals surface area (Å²) in [7, 11) is 0. The Balaban J connectivity index is 2.01. The second-order valence-electron chi connectivity index (χ2n) is 5.67. The fourth-order valence-corrected chi connectivity index (χ4v) is 3.78. The van der Waals surface area contributed by atoms with Gasteiger partial charge in [-0.1, -0.05) is 38.1 Å². The van der Waals surface area contributed by atoms with E-state index in [0.29, 0.717) is 17.5 Å². The van der Waals surface area contributed by atoms with Gasteiger partial charge in [0, 0.05) is 11.3 Å². The molecule has 0 bridgehead atoms. The highest BCUT2D eigenvalue weighted by Gasteiger charge is 2.28. The summed E-state index contributed by atoms with van der Waals surface area (Å²) < 4.78 is 0. The Morgan fingerprint density at radius 2 is 2.00 bits per heavy atom. The summed E-state index contributed by atoms with van der Waals surface area (Å²) >= 11 is 1.65. The summed E-state index contributed by atoms with van der Waals surface area (Å²) in [6.07, 6.45) is 0. The number of aryl methyl sites for hydroxylation is 1. The fraction of sp³-hybridized carbons (Fsp3) is 0.375. The van der Waals surface area contributed by atoms with E-state index in [0.717, 1.165) is 11.3 Å². The van der Waals surface area contributed by atoms with Gasteiger partial charge < -0.3 is 5.32 Å². The van der Waals surface area contributed by atoms with Crippen LogP contribution in [0.15, 0.2) is 24.3 Å². The number of hydrogen-bond acceptors (Lipinski definition) is 3. The van der Waals surface area contributed by atoms with E-state index in [4.69, 9.17) is 0 Å². The highest BCUT2D eigenvalue weighted by molar-refractivity contribution is 8.00. The third-order valence-corrected chi connectivity index (χ3v) is 5.07. The largest absolute Gasteiger partial charge is 0.308 e. The van der Waals surface area contributed by atoms with Gasteiger partial charge in [-0.2, -0.15) is 5.10 Å². The molecule has 21 heavy (non-hydrogen) atoms. The van der Waals surface area contributed by atoms with Crippen LogP contribution in [-0.4, -0.2) is 21.9 Å². The molecule has 110 valence electrons. The Morgan fingerprint density at radius 1 is 1.29 bits per heavy atom. The zero-order valence-electron chi connectivity index (χ0n) is 12.4. The maximum Gasteiger partial charge on any atom is 0.235 e. The third-order valence-electron chi connectivity index (χ3n) is 3.80. The van der Waals surface area contributed by atoms with Crippen molar-refractivity contribution in [3.8, 4) is 0 Å². The van der Waals surface area contributed by atoms with E-state index in [1.54, 1.807) is 11.8 Å². The van der Waals surface area contributed by atoms with Crippen molar-refractivity contribution in [1.29, 1.82) is 0 Å². The van der Waals surface area contributed by atoms with E-state index in [1.807, 2.05) is 6.92 Å². The number of amides is 1. The van der Waals surface area contributed by atoms with E-state index in [-0.39, 0.29) is 11.2 Å². The quantitative estimate of drug-likeness (QED) is 0.890. The van der Waals surface area contributed by atoms with Gasteiger partial charge >= 0.3 is 0 Å². The molecule has 2 heterocycles.